The molecule has 0 unspecified atom stereocenters. The van der Waals surface area contributed by atoms with Gasteiger partial charge in [-0.3, -0.25) is 19.5 Å². The lowest BCUT2D eigenvalue weighted by atomic mass is 10.2. The van der Waals surface area contributed by atoms with Crippen LogP contribution in [0.25, 0.3) is 5.69 Å². The number of anilines is 1. The minimum atomic E-state index is -0.748. The van der Waals surface area contributed by atoms with E-state index in [0.717, 1.165) is 41.2 Å². The SMILES string of the molecule is Cc1ccc(-n2cnnc2SCC(=O)Nc2cc([N+](=O)[O-])ccc2F)cc1. The van der Waals surface area contributed by atoms with Crippen molar-refractivity contribution < 1.29 is 14.1 Å². The van der Waals surface area contributed by atoms with Gasteiger partial charge in [0.25, 0.3) is 5.69 Å². The first-order valence-electron chi connectivity index (χ1n) is 7.77. The lowest BCUT2D eigenvalue weighted by Crippen LogP contribution is -2.15. The topological polar surface area (TPSA) is 103 Å². The Bertz CT molecular complexity index is 990. The second-order valence-corrected chi connectivity index (χ2v) is 6.52. The Morgan fingerprint density at radius 2 is 2.04 bits per heavy atom. The van der Waals surface area contributed by atoms with Crippen LogP contribution in [0.5, 0.6) is 0 Å². The van der Waals surface area contributed by atoms with Crippen molar-refractivity contribution in [1.82, 2.24) is 14.8 Å². The van der Waals surface area contributed by atoms with Crippen LogP contribution in [0, 0.1) is 22.9 Å². The molecule has 0 bridgehead atoms. The predicted octanol–water partition coefficient (Wildman–Crippen LogP) is 3.35. The molecule has 1 N–H and O–H groups in total. The summed E-state index contributed by atoms with van der Waals surface area (Å²) >= 11 is 1.12. The number of nitro groups is 1. The lowest BCUT2D eigenvalue weighted by Gasteiger charge is -2.08. The molecule has 0 saturated carbocycles. The fourth-order valence-corrected chi connectivity index (χ4v) is 2.97. The fourth-order valence-electron chi connectivity index (χ4n) is 2.24. The molecule has 0 fully saturated rings. The van der Waals surface area contributed by atoms with Crippen LogP contribution in [-0.2, 0) is 4.79 Å². The number of aryl methyl sites for hydroxylation is 1. The summed E-state index contributed by atoms with van der Waals surface area (Å²) in [4.78, 5) is 22.2. The molecule has 0 saturated heterocycles. The second-order valence-electron chi connectivity index (χ2n) is 5.58. The zero-order valence-corrected chi connectivity index (χ0v) is 14.9. The predicted molar refractivity (Wildman–Crippen MR) is 98.5 cm³/mol. The van der Waals surface area contributed by atoms with Gasteiger partial charge < -0.3 is 5.32 Å². The lowest BCUT2D eigenvalue weighted by molar-refractivity contribution is -0.384. The molecule has 0 aliphatic carbocycles. The van der Waals surface area contributed by atoms with Gasteiger partial charge in [-0.15, -0.1) is 10.2 Å². The highest BCUT2D eigenvalue weighted by atomic mass is 32.2. The van der Waals surface area contributed by atoms with Gasteiger partial charge in [-0.1, -0.05) is 29.5 Å². The molecule has 0 radical (unpaired) electrons. The van der Waals surface area contributed by atoms with E-state index in [-0.39, 0.29) is 17.1 Å². The standard InChI is InChI=1S/C17H14FN5O3S/c1-11-2-4-12(5-3-11)22-10-19-21-17(22)27-9-16(24)20-15-8-13(23(25)26)6-7-14(15)18/h2-8,10H,9H2,1H3,(H,20,24). The van der Waals surface area contributed by atoms with Crippen LogP contribution in [0.3, 0.4) is 0 Å². The number of nitrogens with one attached hydrogen (secondary N) is 1. The van der Waals surface area contributed by atoms with Gasteiger partial charge in [0.2, 0.25) is 5.91 Å². The van der Waals surface area contributed by atoms with Gasteiger partial charge in [0.1, 0.15) is 12.1 Å². The van der Waals surface area contributed by atoms with Gasteiger partial charge in [-0.25, -0.2) is 4.39 Å². The molecule has 3 rings (SSSR count). The number of non-ortho nitro benzene ring substituents is 1. The third-order valence-electron chi connectivity index (χ3n) is 3.60. The number of halogens is 1. The summed E-state index contributed by atoms with van der Waals surface area (Å²) in [6.07, 6.45) is 1.53. The second kappa shape index (κ2) is 7.96. The van der Waals surface area contributed by atoms with E-state index in [2.05, 4.69) is 15.5 Å². The van der Waals surface area contributed by atoms with Crippen molar-refractivity contribution in [3.05, 3.63) is 70.3 Å². The number of nitrogens with zero attached hydrogens (tertiary/aromatic N) is 4. The van der Waals surface area contributed by atoms with Crippen molar-refractivity contribution >= 4 is 29.0 Å². The van der Waals surface area contributed by atoms with Crippen molar-refractivity contribution in [2.45, 2.75) is 12.1 Å². The number of carbonyl (C=O) groups excluding carboxylic acids is 1. The molecule has 2 aromatic carbocycles. The van der Waals surface area contributed by atoms with E-state index in [1.807, 2.05) is 31.2 Å². The molecule has 10 heteroatoms. The normalized spacial score (nSPS) is 10.6. The van der Waals surface area contributed by atoms with Crippen LogP contribution in [0.4, 0.5) is 15.8 Å². The number of hydrogen-bond donors (Lipinski definition) is 1. The highest BCUT2D eigenvalue weighted by Crippen LogP contribution is 2.23. The Labute approximate surface area is 157 Å². The minimum Gasteiger partial charge on any atom is -0.323 e. The van der Waals surface area contributed by atoms with E-state index < -0.39 is 16.6 Å². The summed E-state index contributed by atoms with van der Waals surface area (Å²) in [6.45, 7) is 1.98. The summed E-state index contributed by atoms with van der Waals surface area (Å²) in [6, 6.07) is 10.6. The Morgan fingerprint density at radius 3 is 2.74 bits per heavy atom. The Morgan fingerprint density at radius 1 is 1.30 bits per heavy atom. The molecule has 1 heterocycles. The molecule has 27 heavy (non-hydrogen) atoms. The highest BCUT2D eigenvalue weighted by molar-refractivity contribution is 7.99. The Balaban J connectivity index is 1.67. The number of benzene rings is 2. The molecular formula is C17H14FN5O3S. The van der Waals surface area contributed by atoms with Crippen molar-refractivity contribution in [3.63, 3.8) is 0 Å². The molecule has 0 spiro atoms. The van der Waals surface area contributed by atoms with Crippen molar-refractivity contribution in [1.29, 1.82) is 0 Å². The van der Waals surface area contributed by atoms with E-state index in [9.17, 15) is 19.3 Å². The van der Waals surface area contributed by atoms with Gasteiger partial charge in [0, 0.05) is 17.8 Å². The number of thioether (sulfide) groups is 1. The third kappa shape index (κ3) is 4.47. The summed E-state index contributed by atoms with van der Waals surface area (Å²) in [5.41, 5.74) is 1.41. The molecule has 0 aliphatic rings. The largest absolute Gasteiger partial charge is 0.323 e. The smallest absolute Gasteiger partial charge is 0.271 e. The molecule has 1 aromatic heterocycles. The number of rotatable bonds is 6. The van der Waals surface area contributed by atoms with Gasteiger partial charge in [-0.05, 0) is 25.1 Å². The van der Waals surface area contributed by atoms with Crippen molar-refractivity contribution in [2.75, 3.05) is 11.1 Å². The summed E-state index contributed by atoms with van der Waals surface area (Å²) in [7, 11) is 0. The van der Waals surface area contributed by atoms with Crippen LogP contribution in [0.1, 0.15) is 5.56 Å². The van der Waals surface area contributed by atoms with Gasteiger partial charge in [0.05, 0.1) is 16.4 Å². The molecule has 0 atom stereocenters. The molecule has 0 aliphatic heterocycles. The molecule has 138 valence electrons. The number of nitro benzene ring substituents is 1. The minimum absolute atomic E-state index is 0.0628. The molecule has 8 nitrogen and oxygen atoms in total. The van der Waals surface area contributed by atoms with Gasteiger partial charge in [-0.2, -0.15) is 0 Å². The van der Waals surface area contributed by atoms with E-state index >= 15 is 0 Å². The van der Waals surface area contributed by atoms with Crippen LogP contribution in [0.2, 0.25) is 0 Å². The maximum absolute atomic E-state index is 13.8. The van der Waals surface area contributed by atoms with Crippen LogP contribution in [0.15, 0.2) is 53.9 Å². The quantitative estimate of drug-likeness (QED) is 0.395. The number of aromatic nitrogens is 3. The first kappa shape index (κ1) is 18.5. The first-order chi connectivity index (χ1) is 12.9. The van der Waals surface area contributed by atoms with E-state index in [1.165, 1.54) is 6.33 Å². The van der Waals surface area contributed by atoms with E-state index in [0.29, 0.717) is 5.16 Å². The molecule has 3 aromatic rings. The van der Waals surface area contributed by atoms with Crippen LogP contribution < -0.4 is 5.32 Å². The Hall–Kier alpha value is -3.27. The number of hydrogen-bond acceptors (Lipinski definition) is 6. The number of carbonyl (C=O) groups is 1. The molecule has 1 amide bonds. The first-order valence-corrected chi connectivity index (χ1v) is 8.76. The Kier molecular flexibility index (Phi) is 5.46. The van der Waals surface area contributed by atoms with Crippen molar-refractivity contribution in [2.24, 2.45) is 0 Å². The average molecular weight is 387 g/mol. The van der Waals surface area contributed by atoms with E-state index in [4.69, 9.17) is 0 Å². The maximum Gasteiger partial charge on any atom is 0.271 e. The maximum atomic E-state index is 13.8. The highest BCUT2D eigenvalue weighted by Gasteiger charge is 2.15. The monoisotopic (exact) mass is 387 g/mol. The van der Waals surface area contributed by atoms with Crippen LogP contribution in [-0.4, -0.2) is 31.3 Å². The molecular weight excluding hydrogens is 373 g/mol. The summed E-state index contributed by atoms with van der Waals surface area (Å²) in [5.74, 6) is -1.33. The zero-order valence-electron chi connectivity index (χ0n) is 14.1. The average Bonchev–Trinajstić information content (AvgIpc) is 3.11. The van der Waals surface area contributed by atoms with Crippen LogP contribution >= 0.6 is 11.8 Å². The van der Waals surface area contributed by atoms with Crippen molar-refractivity contribution in [3.8, 4) is 5.69 Å². The number of amides is 1. The van der Waals surface area contributed by atoms with E-state index in [1.54, 1.807) is 4.57 Å². The summed E-state index contributed by atoms with van der Waals surface area (Å²) < 4.78 is 15.5. The third-order valence-corrected chi connectivity index (χ3v) is 4.54. The van der Waals surface area contributed by atoms with Gasteiger partial charge in [0.15, 0.2) is 5.16 Å². The zero-order chi connectivity index (χ0) is 19.4. The summed E-state index contributed by atoms with van der Waals surface area (Å²) in [5, 5.41) is 21.4. The fraction of sp³-hybridized carbons (Fsp3) is 0.118. The van der Waals surface area contributed by atoms with Gasteiger partial charge >= 0.3 is 0 Å².